The number of hydrogen-bond donors (Lipinski definition) is 8. The summed E-state index contributed by atoms with van der Waals surface area (Å²) >= 11 is 0. The minimum Gasteiger partial charge on any atom is -0.392 e. The van der Waals surface area contributed by atoms with Crippen molar-refractivity contribution >= 4 is 57.7 Å². The largest absolute Gasteiger partial charge is 0.392 e. The van der Waals surface area contributed by atoms with Gasteiger partial charge in [0.2, 0.25) is 23.6 Å². The zero-order chi connectivity index (χ0) is 98.0. The highest BCUT2D eigenvalue weighted by atomic mass is 16.3. The van der Waals surface area contributed by atoms with Crippen molar-refractivity contribution in [2.75, 3.05) is 21.3 Å². The molecule has 8 N–H and O–H groups in total. The molecule has 20 heteroatoms. The van der Waals surface area contributed by atoms with Gasteiger partial charge in [-0.2, -0.15) is 0 Å². The maximum absolute atomic E-state index is 13.2. The van der Waals surface area contributed by atoms with E-state index >= 15 is 0 Å². The van der Waals surface area contributed by atoms with E-state index in [0.717, 1.165) is 274 Å². The minimum absolute atomic E-state index is 0.00850. The number of rotatable bonds is 31. The van der Waals surface area contributed by atoms with Gasteiger partial charge < -0.3 is 41.7 Å². The first-order valence-electron chi connectivity index (χ1n) is 53.5. The Bertz CT molecular complexity index is 6550. The van der Waals surface area contributed by atoms with Gasteiger partial charge in [-0.05, 0) is 223 Å². The van der Waals surface area contributed by atoms with Crippen molar-refractivity contribution in [3.63, 3.8) is 0 Å². The number of anilines is 4. The van der Waals surface area contributed by atoms with Gasteiger partial charge in [0.1, 0.15) is 0 Å². The lowest BCUT2D eigenvalue weighted by Gasteiger charge is -2.23. The molecule has 0 aliphatic heterocycles. The number of aromatic nitrogens is 8. The van der Waals surface area contributed by atoms with Crippen molar-refractivity contribution in [3.05, 3.63) is 319 Å². The third-order valence-corrected chi connectivity index (χ3v) is 30.8. The van der Waals surface area contributed by atoms with Gasteiger partial charge in [-0.3, -0.25) is 19.2 Å². The third-order valence-electron chi connectivity index (χ3n) is 30.8. The number of amides is 4. The zero-order valence-electron chi connectivity index (χ0n) is 83.2. The van der Waals surface area contributed by atoms with E-state index in [1.807, 2.05) is 109 Å². The van der Waals surface area contributed by atoms with Gasteiger partial charge >= 0.3 is 0 Å². The number of aliphatic hydroxyl groups is 4. The van der Waals surface area contributed by atoms with Crippen LogP contribution in [0.5, 0.6) is 0 Å². The molecule has 4 saturated carbocycles. The molecule has 13 aromatic rings. The molecule has 0 atom stereocenters. The van der Waals surface area contributed by atoms with Crippen LogP contribution in [0.25, 0.3) is 55.8 Å². The van der Waals surface area contributed by atoms with Gasteiger partial charge in [0.15, 0.2) is 23.3 Å². The summed E-state index contributed by atoms with van der Waals surface area (Å²) in [5.41, 5.74) is 28.6. The fourth-order valence-electron chi connectivity index (χ4n) is 22.7. The summed E-state index contributed by atoms with van der Waals surface area (Å²) in [5.74, 6) is 5.40. The molecule has 8 aliphatic rings. The molecule has 740 valence electrons. The summed E-state index contributed by atoms with van der Waals surface area (Å²) in [6.07, 6.45) is 44.6. The van der Waals surface area contributed by atoms with Crippen LogP contribution in [0.3, 0.4) is 0 Å². The van der Waals surface area contributed by atoms with E-state index in [1.165, 1.54) is 162 Å². The molecule has 21 rings (SSSR count). The van der Waals surface area contributed by atoms with E-state index in [2.05, 4.69) is 118 Å². The van der Waals surface area contributed by atoms with Crippen LogP contribution in [0.4, 0.5) is 23.3 Å². The fourth-order valence-corrected chi connectivity index (χ4v) is 22.7. The zero-order valence-corrected chi connectivity index (χ0v) is 83.2. The molecule has 0 spiro atoms. The van der Waals surface area contributed by atoms with Crippen LogP contribution >= 0.6 is 0 Å². The van der Waals surface area contributed by atoms with Crippen molar-refractivity contribution in [1.29, 1.82) is 0 Å². The molecule has 143 heavy (non-hydrogen) atoms. The molecule has 4 fully saturated rings. The van der Waals surface area contributed by atoms with Crippen LogP contribution in [-0.4, -0.2) is 83.9 Å². The van der Waals surface area contributed by atoms with Crippen molar-refractivity contribution in [2.45, 2.75) is 303 Å². The van der Waals surface area contributed by atoms with Gasteiger partial charge in [-0.1, -0.05) is 335 Å². The second-order valence-electron chi connectivity index (χ2n) is 41.1. The normalized spacial score (nSPS) is 15.3. The van der Waals surface area contributed by atoms with E-state index < -0.39 is 0 Å². The van der Waals surface area contributed by atoms with Gasteiger partial charge in [-0.15, -0.1) is 0 Å². The van der Waals surface area contributed by atoms with Crippen LogP contribution in [0.15, 0.2) is 206 Å². The predicted octanol–water partition coefficient (Wildman–Crippen LogP) is 24.0. The highest BCUT2D eigenvalue weighted by Gasteiger charge is 2.31. The summed E-state index contributed by atoms with van der Waals surface area (Å²) in [6.45, 7) is 0.186. The molecule has 4 aromatic heterocycles. The number of fused-ring (bicyclic) bond motifs is 13. The number of carbonyl (C=O) groups is 4. The second-order valence-corrected chi connectivity index (χ2v) is 41.1. The van der Waals surface area contributed by atoms with Crippen LogP contribution < -0.4 is 21.3 Å². The molecule has 0 radical (unpaired) electrons. The predicted molar refractivity (Wildman–Crippen MR) is 569 cm³/mol. The summed E-state index contributed by atoms with van der Waals surface area (Å²) < 4.78 is 0. The van der Waals surface area contributed by atoms with Crippen molar-refractivity contribution in [3.8, 4) is 45.0 Å². The van der Waals surface area contributed by atoms with Crippen LogP contribution in [-0.2, 0) is 148 Å². The van der Waals surface area contributed by atoms with Gasteiger partial charge in [-0.25, -0.2) is 39.9 Å². The molecular formula is C123H140N12O8. The Hall–Kier alpha value is -12.7. The highest BCUT2D eigenvalue weighted by molar-refractivity contribution is 5.95. The van der Waals surface area contributed by atoms with E-state index in [4.69, 9.17) is 39.9 Å². The Morgan fingerprint density at radius 2 is 0.538 bits per heavy atom. The first-order valence-corrected chi connectivity index (χ1v) is 53.5. The number of nitrogens with one attached hydrogen (secondary N) is 4. The number of hydrogen-bond acceptors (Lipinski definition) is 16. The maximum Gasteiger partial charge on any atom is 0.229 e. The lowest BCUT2D eigenvalue weighted by Crippen LogP contribution is -2.20. The molecule has 8 aliphatic carbocycles. The SMILES string of the molecule is O=C(CCCc1ccccc1)Nc1nc2c(nc1CCC1CCCCC1)-c1ccc(CO)cc1CC2.O=C(CCc1ccccc1)Nc1nc2c(nc1CCC1CCCCC1)-c1ccc(CO)cc1CC2.O=C(Cc1ccc2ccccc2c1)Nc1nc2c(nc1CCC1CCCCC1)-c1ccc(CO)cc1CC2.O=C(Cc1ccccc1)Nc1nc2c(nc1CCC1CCCCC1)-c1ccc(CO)cc1CC2. The second kappa shape index (κ2) is 50.0. The lowest BCUT2D eigenvalue weighted by molar-refractivity contribution is -0.117. The molecule has 0 bridgehead atoms. The van der Waals surface area contributed by atoms with E-state index in [9.17, 15) is 39.6 Å². The summed E-state index contributed by atoms with van der Waals surface area (Å²) in [7, 11) is 0. The Kier molecular flexibility index (Phi) is 35.1. The van der Waals surface area contributed by atoms with Crippen molar-refractivity contribution < 1.29 is 39.6 Å². The highest BCUT2D eigenvalue weighted by Crippen LogP contribution is 2.42. The standard InChI is InChI=1S/C33H35N3O2.C31H37N3O2.C30H35N3O2.C29H33N3O2/c37-21-24-11-15-28-27(19-24)14-17-29-32(28)34-30(16-12-22-6-2-1-3-7-22)33(35-29)36-31(38)20-23-10-13-25-8-4-5-9-26(25)18-23;35-21-24-14-17-26-25(20-24)16-19-27-30(26)32-28(18-15-23-10-5-2-6-11-23)31(33-27)34-29(36)13-7-12-22-8-3-1-4-9-22;34-20-23-11-15-25-24(19-23)14-17-26-29(25)31-27(16-12-21-7-3-1-4-8-21)30(32-26)33-28(35)18-13-22-9-5-2-6-10-22;33-19-22-11-14-24-23(17-22)13-16-25-28(24)30-26(15-12-20-7-3-1-4-8-20)29(31-25)32-27(34)18-21-9-5-2-6-10-21/h4-5,8-11,13,15,18-19,22,37H,1-3,6-7,12,14,16-17,20-21H2,(H,35,36,38);1,3-4,8-9,14,17,20,23,35H,2,5-7,10-13,15-16,18-19,21H2,(H,33,34,36);2,5-6,9-11,15,19,21,34H,1,3-4,7-8,12-14,16-18,20H2,(H,32,33,35);2,5-6,9-11,14,17,20,33H,1,3-4,7-8,12-13,15-16,18-19H2,(H,31,32,34). The molecular weight excluding hydrogens is 1770 g/mol. The molecule has 9 aromatic carbocycles. The van der Waals surface area contributed by atoms with E-state index in [-0.39, 0.29) is 50.1 Å². The topological polar surface area (TPSA) is 300 Å². The smallest absolute Gasteiger partial charge is 0.229 e. The quantitative estimate of drug-likeness (QED) is 0.0200. The molecule has 0 unspecified atom stereocenters. The van der Waals surface area contributed by atoms with Crippen LogP contribution in [0.2, 0.25) is 0 Å². The van der Waals surface area contributed by atoms with E-state index in [1.54, 1.807) is 0 Å². The Morgan fingerprint density at radius 3 is 0.874 bits per heavy atom. The monoisotopic (exact) mass is 1910 g/mol. The van der Waals surface area contributed by atoms with Gasteiger partial charge in [0, 0.05) is 35.1 Å². The minimum atomic E-state index is -0.0581. The fraction of sp³-hybridized carbons (Fsp3) is 0.415. The van der Waals surface area contributed by atoms with E-state index in [0.29, 0.717) is 55.4 Å². The Labute approximate surface area is 843 Å². The average molecular weight is 1910 g/mol. The maximum atomic E-state index is 13.2. The average Bonchev–Trinajstić information content (AvgIpc) is 0.781. The summed E-state index contributed by atoms with van der Waals surface area (Å²) in [6, 6.07) is 69.1. The molecule has 20 nitrogen and oxygen atoms in total. The molecule has 4 heterocycles. The molecule has 0 saturated heterocycles. The van der Waals surface area contributed by atoms with Crippen LogP contribution in [0, 0.1) is 23.7 Å². The number of nitrogens with zero attached hydrogens (tertiary/aromatic N) is 8. The van der Waals surface area contributed by atoms with Crippen molar-refractivity contribution in [2.24, 2.45) is 23.7 Å². The number of benzene rings is 9. The summed E-state index contributed by atoms with van der Waals surface area (Å²) in [5, 5.41) is 53.0. The Morgan fingerprint density at radius 1 is 0.252 bits per heavy atom. The van der Waals surface area contributed by atoms with Crippen molar-refractivity contribution in [1.82, 2.24) is 39.9 Å². The number of aliphatic hydroxyl groups excluding tert-OH is 4. The number of carbonyl (C=O) groups excluding carboxylic acids is 4. The van der Waals surface area contributed by atoms with Gasteiger partial charge in [0.25, 0.3) is 0 Å². The third kappa shape index (κ3) is 27.0. The van der Waals surface area contributed by atoms with Gasteiger partial charge in [0.05, 0.1) is 108 Å². The summed E-state index contributed by atoms with van der Waals surface area (Å²) in [4.78, 5) is 92.3. The molecule has 4 amide bonds. The number of aryl methyl sites for hydroxylation is 14. The Balaban J connectivity index is 0.000000126. The first-order chi connectivity index (χ1) is 70.2. The lowest BCUT2D eigenvalue weighted by atomic mass is 9.85. The first kappa shape index (κ1) is 100. The van der Waals surface area contributed by atoms with Crippen LogP contribution in [0.1, 0.15) is 286 Å².